The smallest absolute Gasteiger partial charge is 0.257 e. The summed E-state index contributed by atoms with van der Waals surface area (Å²) in [4.78, 5) is 14.6. The number of amides is 1. The minimum absolute atomic E-state index is 0.142. The van der Waals surface area contributed by atoms with Crippen LogP contribution in [0.2, 0.25) is 0 Å². The number of halogens is 1. The van der Waals surface area contributed by atoms with Gasteiger partial charge in [0.05, 0.1) is 11.3 Å². The Balaban J connectivity index is 2.20. The fourth-order valence-electron chi connectivity index (χ4n) is 2.62. The van der Waals surface area contributed by atoms with Crippen molar-refractivity contribution >= 4 is 21.8 Å². The molecule has 100 valence electrons. The highest BCUT2D eigenvalue weighted by molar-refractivity contribution is 9.09. The number of carbonyl (C=O) groups is 1. The predicted molar refractivity (Wildman–Crippen MR) is 75.1 cm³/mol. The third-order valence-corrected chi connectivity index (χ3v) is 4.66. The second-order valence-corrected chi connectivity index (χ2v) is 5.73. The van der Waals surface area contributed by atoms with E-state index in [-0.39, 0.29) is 5.91 Å². The molecule has 2 heterocycles. The van der Waals surface area contributed by atoms with Gasteiger partial charge in [-0.05, 0) is 32.6 Å². The summed E-state index contributed by atoms with van der Waals surface area (Å²) in [5.41, 5.74) is 2.58. The summed E-state index contributed by atoms with van der Waals surface area (Å²) in [6.45, 7) is 5.60. The zero-order chi connectivity index (χ0) is 13.3. The fourth-order valence-corrected chi connectivity index (χ4v) is 3.15. The van der Waals surface area contributed by atoms with Gasteiger partial charge in [-0.15, -0.1) is 0 Å². The minimum Gasteiger partial charge on any atom is -0.338 e. The molecule has 1 aliphatic rings. The Morgan fingerprint density at radius 1 is 1.50 bits per heavy atom. The number of carbonyl (C=O) groups excluding carboxylic acids is 1. The van der Waals surface area contributed by atoms with E-state index >= 15 is 0 Å². The highest BCUT2D eigenvalue weighted by Crippen LogP contribution is 2.22. The van der Waals surface area contributed by atoms with Crippen molar-refractivity contribution in [3.05, 3.63) is 17.0 Å². The van der Waals surface area contributed by atoms with Crippen molar-refractivity contribution in [1.82, 2.24) is 14.7 Å². The summed E-state index contributed by atoms with van der Waals surface area (Å²) in [5.74, 6) is 0.726. The Hall–Kier alpha value is -0.840. The van der Waals surface area contributed by atoms with Crippen LogP contribution in [-0.2, 0) is 7.05 Å². The number of aromatic nitrogens is 2. The molecule has 1 aliphatic heterocycles. The van der Waals surface area contributed by atoms with Crippen LogP contribution in [0.4, 0.5) is 0 Å². The number of hydrogen-bond acceptors (Lipinski definition) is 2. The van der Waals surface area contributed by atoms with Gasteiger partial charge in [-0.25, -0.2) is 0 Å². The predicted octanol–water partition coefficient (Wildman–Crippen LogP) is 2.28. The van der Waals surface area contributed by atoms with Crippen molar-refractivity contribution in [3.8, 4) is 0 Å². The van der Waals surface area contributed by atoms with Gasteiger partial charge in [-0.2, -0.15) is 5.10 Å². The highest BCUT2D eigenvalue weighted by atomic mass is 79.9. The van der Waals surface area contributed by atoms with E-state index in [1.165, 1.54) is 6.42 Å². The lowest BCUT2D eigenvalue weighted by atomic mass is 9.99. The molecule has 2 rings (SSSR count). The van der Waals surface area contributed by atoms with Crippen LogP contribution in [0, 0.1) is 19.8 Å². The topological polar surface area (TPSA) is 38.1 Å². The molecule has 0 spiro atoms. The number of aryl methyl sites for hydroxylation is 2. The lowest BCUT2D eigenvalue weighted by Gasteiger charge is -2.32. The molecular weight excluding hydrogens is 294 g/mol. The Kier molecular flexibility index (Phi) is 4.10. The monoisotopic (exact) mass is 313 g/mol. The third kappa shape index (κ3) is 2.46. The maximum absolute atomic E-state index is 12.6. The molecule has 0 radical (unpaired) electrons. The van der Waals surface area contributed by atoms with Gasteiger partial charge in [0.1, 0.15) is 0 Å². The first kappa shape index (κ1) is 13.6. The number of likely N-dealkylation sites (tertiary alicyclic amines) is 1. The summed E-state index contributed by atoms with van der Waals surface area (Å²) in [5, 5.41) is 5.30. The summed E-state index contributed by atoms with van der Waals surface area (Å²) in [6.07, 6.45) is 2.31. The van der Waals surface area contributed by atoms with Crippen LogP contribution in [0.3, 0.4) is 0 Å². The Morgan fingerprint density at radius 2 is 2.22 bits per heavy atom. The zero-order valence-electron chi connectivity index (χ0n) is 11.2. The first-order valence-electron chi connectivity index (χ1n) is 6.40. The molecule has 5 heteroatoms. The maximum Gasteiger partial charge on any atom is 0.257 e. The molecule has 1 aromatic heterocycles. The summed E-state index contributed by atoms with van der Waals surface area (Å²) in [7, 11) is 1.89. The van der Waals surface area contributed by atoms with Gasteiger partial charge in [0.25, 0.3) is 5.91 Å². The molecule has 0 N–H and O–H groups in total. The standard InChI is InChI=1S/C13H20BrN3O/c1-9-12(10(2)16(3)15-9)13(18)17-6-4-5-11(7-14)8-17/h11H,4-8H2,1-3H3. The fraction of sp³-hybridized carbons (Fsp3) is 0.692. The molecule has 1 unspecified atom stereocenters. The van der Waals surface area contributed by atoms with E-state index in [0.29, 0.717) is 5.92 Å². The molecule has 0 bridgehead atoms. The van der Waals surface area contributed by atoms with Crippen molar-refractivity contribution in [3.63, 3.8) is 0 Å². The average Bonchev–Trinajstić information content (AvgIpc) is 2.62. The van der Waals surface area contributed by atoms with Crippen LogP contribution in [0.15, 0.2) is 0 Å². The van der Waals surface area contributed by atoms with Crippen molar-refractivity contribution in [2.75, 3.05) is 18.4 Å². The van der Waals surface area contributed by atoms with Crippen molar-refractivity contribution in [1.29, 1.82) is 0 Å². The van der Waals surface area contributed by atoms with Crippen LogP contribution in [-0.4, -0.2) is 39.0 Å². The molecule has 0 aromatic carbocycles. The van der Waals surface area contributed by atoms with Crippen molar-refractivity contribution in [2.45, 2.75) is 26.7 Å². The summed E-state index contributed by atoms with van der Waals surface area (Å²) in [6, 6.07) is 0. The average molecular weight is 314 g/mol. The molecule has 18 heavy (non-hydrogen) atoms. The number of alkyl halides is 1. The van der Waals surface area contributed by atoms with Crippen LogP contribution in [0.25, 0.3) is 0 Å². The van der Waals surface area contributed by atoms with Crippen LogP contribution in [0.5, 0.6) is 0 Å². The van der Waals surface area contributed by atoms with Crippen LogP contribution >= 0.6 is 15.9 Å². The van der Waals surface area contributed by atoms with E-state index in [9.17, 15) is 4.79 Å². The lowest BCUT2D eigenvalue weighted by Crippen LogP contribution is -2.40. The van der Waals surface area contributed by atoms with Gasteiger partial charge in [0.15, 0.2) is 0 Å². The van der Waals surface area contributed by atoms with Crippen LogP contribution < -0.4 is 0 Å². The normalized spacial score (nSPS) is 20.2. The molecule has 4 nitrogen and oxygen atoms in total. The largest absolute Gasteiger partial charge is 0.338 e. The van der Waals surface area contributed by atoms with E-state index in [1.807, 2.05) is 25.8 Å². The number of hydrogen-bond donors (Lipinski definition) is 0. The minimum atomic E-state index is 0.142. The Bertz CT molecular complexity index is 455. The lowest BCUT2D eigenvalue weighted by molar-refractivity contribution is 0.0684. The van der Waals surface area contributed by atoms with Crippen molar-refractivity contribution < 1.29 is 4.79 Å². The first-order valence-corrected chi connectivity index (χ1v) is 7.52. The third-order valence-electron chi connectivity index (χ3n) is 3.75. The molecular formula is C13H20BrN3O. The van der Waals surface area contributed by atoms with Gasteiger partial charge in [-0.1, -0.05) is 15.9 Å². The zero-order valence-corrected chi connectivity index (χ0v) is 12.8. The van der Waals surface area contributed by atoms with E-state index in [1.54, 1.807) is 4.68 Å². The molecule has 0 saturated carbocycles. The van der Waals surface area contributed by atoms with Crippen molar-refractivity contribution in [2.24, 2.45) is 13.0 Å². The Labute approximate surface area is 116 Å². The van der Waals surface area contributed by atoms with E-state index in [0.717, 1.165) is 41.8 Å². The van der Waals surface area contributed by atoms with E-state index in [2.05, 4.69) is 21.0 Å². The van der Waals surface area contributed by atoms with Gasteiger partial charge < -0.3 is 4.90 Å². The van der Waals surface area contributed by atoms with Crippen LogP contribution in [0.1, 0.15) is 34.6 Å². The van der Waals surface area contributed by atoms with Gasteiger partial charge in [-0.3, -0.25) is 9.48 Å². The highest BCUT2D eigenvalue weighted by Gasteiger charge is 2.27. The molecule has 1 saturated heterocycles. The second-order valence-electron chi connectivity index (χ2n) is 5.08. The molecule has 1 aromatic rings. The molecule has 0 aliphatic carbocycles. The maximum atomic E-state index is 12.6. The molecule has 1 atom stereocenters. The first-order chi connectivity index (χ1) is 8.54. The molecule has 1 amide bonds. The van der Waals surface area contributed by atoms with Gasteiger partial charge >= 0.3 is 0 Å². The van der Waals surface area contributed by atoms with E-state index < -0.39 is 0 Å². The van der Waals surface area contributed by atoms with Gasteiger partial charge in [0.2, 0.25) is 0 Å². The van der Waals surface area contributed by atoms with E-state index in [4.69, 9.17) is 0 Å². The molecule has 1 fully saturated rings. The number of piperidine rings is 1. The number of nitrogens with zero attached hydrogens (tertiary/aromatic N) is 3. The quantitative estimate of drug-likeness (QED) is 0.786. The summed E-state index contributed by atoms with van der Waals surface area (Å²) >= 11 is 3.52. The summed E-state index contributed by atoms with van der Waals surface area (Å²) < 4.78 is 1.79. The Morgan fingerprint density at radius 3 is 2.78 bits per heavy atom. The van der Waals surface area contributed by atoms with Gasteiger partial charge in [0, 0.05) is 31.2 Å². The second kappa shape index (κ2) is 5.43. The SMILES string of the molecule is Cc1nn(C)c(C)c1C(=O)N1CCCC(CBr)C1. The number of rotatable bonds is 2.